The first-order valence-corrected chi connectivity index (χ1v) is 7.71. The second-order valence-electron chi connectivity index (χ2n) is 6.24. The Balaban J connectivity index is 1.90. The highest BCUT2D eigenvalue weighted by Gasteiger charge is 2.44. The summed E-state index contributed by atoms with van der Waals surface area (Å²) in [5.41, 5.74) is -0.852. The Morgan fingerprint density at radius 2 is 1.76 bits per heavy atom. The van der Waals surface area contributed by atoms with E-state index in [9.17, 15) is 19.5 Å². The van der Waals surface area contributed by atoms with Crippen LogP contribution in [0, 0.1) is 11.3 Å². The van der Waals surface area contributed by atoms with Gasteiger partial charge in [0.1, 0.15) is 0 Å². The van der Waals surface area contributed by atoms with Gasteiger partial charge in [0, 0.05) is 32.5 Å². The average Bonchev–Trinajstić information content (AvgIpc) is 2.96. The quantitative estimate of drug-likeness (QED) is 0.810. The number of hydrogen-bond acceptors (Lipinski definition) is 3. The van der Waals surface area contributed by atoms with Crippen molar-refractivity contribution in [3.8, 4) is 0 Å². The summed E-state index contributed by atoms with van der Waals surface area (Å²) in [6, 6.07) is 0. The van der Waals surface area contributed by atoms with E-state index in [1.807, 2.05) is 0 Å². The van der Waals surface area contributed by atoms with E-state index in [2.05, 4.69) is 5.32 Å². The van der Waals surface area contributed by atoms with Gasteiger partial charge in [-0.1, -0.05) is 12.8 Å². The average molecular weight is 296 g/mol. The molecular formula is C15H24N2O4. The van der Waals surface area contributed by atoms with Crippen LogP contribution in [0.15, 0.2) is 0 Å². The first-order valence-electron chi connectivity index (χ1n) is 7.71. The lowest BCUT2D eigenvalue weighted by Crippen LogP contribution is -2.44. The highest BCUT2D eigenvalue weighted by molar-refractivity contribution is 5.85. The number of likely N-dealkylation sites (tertiary alicyclic amines) is 1. The third kappa shape index (κ3) is 3.36. The predicted molar refractivity (Wildman–Crippen MR) is 76.5 cm³/mol. The maximum absolute atomic E-state index is 12.4. The lowest BCUT2D eigenvalue weighted by molar-refractivity contribution is -0.153. The van der Waals surface area contributed by atoms with Gasteiger partial charge in [0.25, 0.3) is 0 Å². The molecule has 1 aliphatic carbocycles. The van der Waals surface area contributed by atoms with Gasteiger partial charge in [-0.3, -0.25) is 14.4 Å². The van der Waals surface area contributed by atoms with Crippen molar-refractivity contribution in [2.75, 3.05) is 20.1 Å². The van der Waals surface area contributed by atoms with E-state index in [1.165, 1.54) is 0 Å². The largest absolute Gasteiger partial charge is 0.481 e. The van der Waals surface area contributed by atoms with Crippen LogP contribution in [0.25, 0.3) is 0 Å². The normalized spacial score (nSPS) is 22.0. The van der Waals surface area contributed by atoms with Gasteiger partial charge in [0.2, 0.25) is 11.8 Å². The van der Waals surface area contributed by atoms with E-state index in [1.54, 1.807) is 11.9 Å². The lowest BCUT2D eigenvalue weighted by Gasteiger charge is -2.33. The molecule has 6 nitrogen and oxygen atoms in total. The molecule has 1 heterocycles. The number of nitrogens with one attached hydrogen (secondary N) is 1. The van der Waals surface area contributed by atoms with E-state index < -0.39 is 11.4 Å². The molecule has 0 spiro atoms. The number of carboxylic acid groups (broad SMARTS) is 1. The minimum absolute atomic E-state index is 0.0277. The van der Waals surface area contributed by atoms with Gasteiger partial charge in [-0.05, 0) is 25.7 Å². The lowest BCUT2D eigenvalue weighted by atomic mass is 9.82. The summed E-state index contributed by atoms with van der Waals surface area (Å²) in [4.78, 5) is 37.2. The molecule has 0 atom stereocenters. The number of carboxylic acids is 1. The van der Waals surface area contributed by atoms with Gasteiger partial charge in [0.15, 0.2) is 0 Å². The third-order valence-electron chi connectivity index (χ3n) is 4.97. The Bertz CT molecular complexity index is 421. The maximum atomic E-state index is 12.4. The third-order valence-corrected chi connectivity index (χ3v) is 4.97. The molecule has 21 heavy (non-hydrogen) atoms. The van der Waals surface area contributed by atoms with Crippen LogP contribution in [0.3, 0.4) is 0 Å². The Labute approximate surface area is 124 Å². The number of piperidine rings is 1. The van der Waals surface area contributed by atoms with Crippen molar-refractivity contribution >= 4 is 17.8 Å². The van der Waals surface area contributed by atoms with Gasteiger partial charge >= 0.3 is 5.97 Å². The van der Waals surface area contributed by atoms with Gasteiger partial charge < -0.3 is 15.3 Å². The zero-order chi connectivity index (χ0) is 15.5. The van der Waals surface area contributed by atoms with Crippen LogP contribution in [0.5, 0.6) is 0 Å². The van der Waals surface area contributed by atoms with Crippen molar-refractivity contribution in [2.45, 2.75) is 44.9 Å². The number of nitrogens with zero attached hydrogens (tertiary/aromatic N) is 1. The molecule has 6 heteroatoms. The minimum Gasteiger partial charge on any atom is -0.481 e. The Morgan fingerprint density at radius 3 is 2.24 bits per heavy atom. The SMILES string of the molecule is CNC(=O)C1CCN(C(=O)CC2(C(=O)O)CCCC2)CC1. The molecule has 0 bridgehead atoms. The molecular weight excluding hydrogens is 272 g/mol. The predicted octanol–water partition coefficient (Wildman–Crippen LogP) is 1.01. The topological polar surface area (TPSA) is 86.7 Å². The van der Waals surface area contributed by atoms with Crippen molar-refractivity contribution in [3.63, 3.8) is 0 Å². The summed E-state index contributed by atoms with van der Waals surface area (Å²) in [5.74, 6) is -0.915. The molecule has 2 fully saturated rings. The molecule has 2 aliphatic rings. The van der Waals surface area contributed by atoms with E-state index >= 15 is 0 Å². The summed E-state index contributed by atoms with van der Waals surface area (Å²) < 4.78 is 0. The number of hydrogen-bond donors (Lipinski definition) is 2. The monoisotopic (exact) mass is 296 g/mol. The van der Waals surface area contributed by atoms with E-state index in [0.717, 1.165) is 12.8 Å². The fourth-order valence-electron chi connectivity index (χ4n) is 3.51. The Morgan fingerprint density at radius 1 is 1.19 bits per heavy atom. The molecule has 0 radical (unpaired) electrons. The molecule has 1 aliphatic heterocycles. The van der Waals surface area contributed by atoms with Crippen molar-refractivity contribution < 1.29 is 19.5 Å². The van der Waals surface area contributed by atoms with E-state index in [-0.39, 0.29) is 24.2 Å². The Hall–Kier alpha value is -1.59. The molecule has 2 amide bonds. The summed E-state index contributed by atoms with van der Waals surface area (Å²) in [5, 5.41) is 12.1. The first kappa shape index (κ1) is 15.8. The fourth-order valence-corrected chi connectivity index (χ4v) is 3.51. The van der Waals surface area contributed by atoms with Crippen LogP contribution >= 0.6 is 0 Å². The van der Waals surface area contributed by atoms with Crippen LogP contribution in [0.4, 0.5) is 0 Å². The van der Waals surface area contributed by atoms with Crippen LogP contribution in [-0.2, 0) is 14.4 Å². The number of aliphatic carboxylic acids is 1. The number of carbonyl (C=O) groups excluding carboxylic acids is 2. The maximum Gasteiger partial charge on any atom is 0.310 e. The van der Waals surface area contributed by atoms with Gasteiger partial charge in [-0.25, -0.2) is 0 Å². The molecule has 0 aromatic carbocycles. The fraction of sp³-hybridized carbons (Fsp3) is 0.800. The molecule has 0 aromatic rings. The minimum atomic E-state index is -0.852. The van der Waals surface area contributed by atoms with Crippen molar-refractivity contribution in [3.05, 3.63) is 0 Å². The van der Waals surface area contributed by atoms with Crippen molar-refractivity contribution in [2.24, 2.45) is 11.3 Å². The summed E-state index contributed by atoms with van der Waals surface area (Å²) >= 11 is 0. The van der Waals surface area contributed by atoms with Crippen molar-refractivity contribution in [1.29, 1.82) is 0 Å². The van der Waals surface area contributed by atoms with Gasteiger partial charge in [-0.2, -0.15) is 0 Å². The molecule has 0 unspecified atom stereocenters. The summed E-state index contributed by atoms with van der Waals surface area (Å²) in [6.45, 7) is 1.10. The molecule has 1 saturated carbocycles. The number of carbonyl (C=O) groups is 3. The van der Waals surface area contributed by atoms with Crippen LogP contribution in [-0.4, -0.2) is 47.9 Å². The summed E-state index contributed by atoms with van der Waals surface area (Å²) in [6.07, 6.45) is 4.39. The van der Waals surface area contributed by atoms with Crippen LogP contribution < -0.4 is 5.32 Å². The van der Waals surface area contributed by atoms with Crippen LogP contribution in [0.1, 0.15) is 44.9 Å². The molecule has 118 valence electrons. The highest BCUT2D eigenvalue weighted by atomic mass is 16.4. The number of rotatable bonds is 4. The second kappa shape index (κ2) is 6.45. The molecule has 0 aromatic heterocycles. The summed E-state index contributed by atoms with van der Waals surface area (Å²) in [7, 11) is 1.62. The smallest absolute Gasteiger partial charge is 0.310 e. The zero-order valence-electron chi connectivity index (χ0n) is 12.6. The Kier molecular flexibility index (Phi) is 4.85. The van der Waals surface area contributed by atoms with Crippen molar-refractivity contribution in [1.82, 2.24) is 10.2 Å². The molecule has 1 saturated heterocycles. The first-order chi connectivity index (χ1) is 9.98. The van der Waals surface area contributed by atoms with Gasteiger partial charge in [-0.15, -0.1) is 0 Å². The van der Waals surface area contributed by atoms with E-state index in [4.69, 9.17) is 0 Å². The molecule has 2 rings (SSSR count). The zero-order valence-corrected chi connectivity index (χ0v) is 12.6. The molecule has 2 N–H and O–H groups in total. The highest BCUT2D eigenvalue weighted by Crippen LogP contribution is 2.42. The standard InChI is InChI=1S/C15H24N2O4/c1-16-13(19)11-4-8-17(9-5-11)12(18)10-15(14(20)21)6-2-3-7-15/h11H,2-10H2,1H3,(H,16,19)(H,20,21). The second-order valence-corrected chi connectivity index (χ2v) is 6.24. The van der Waals surface area contributed by atoms with E-state index in [0.29, 0.717) is 38.8 Å². The van der Waals surface area contributed by atoms with Gasteiger partial charge in [0.05, 0.1) is 5.41 Å². The number of amides is 2. The van der Waals surface area contributed by atoms with Crippen LogP contribution in [0.2, 0.25) is 0 Å².